The van der Waals surface area contributed by atoms with Crippen LogP contribution in [0.15, 0.2) is 0 Å². The number of rotatable bonds is 0. The SMILES string of the molecule is O=C1CC[C@H]2CC[C@@H]1CCC2=O. The molecular formula is C10H14O2. The second-order valence-corrected chi connectivity index (χ2v) is 3.98. The molecule has 0 spiro atoms. The van der Waals surface area contributed by atoms with E-state index in [-0.39, 0.29) is 11.8 Å². The Hall–Kier alpha value is -0.660. The van der Waals surface area contributed by atoms with Gasteiger partial charge in [-0.3, -0.25) is 9.59 Å². The Morgan fingerprint density at radius 1 is 0.750 bits per heavy atom. The number of Topliss-reactive ketones (excluding diaryl/α,β-unsaturated/α-hetero) is 2. The summed E-state index contributed by atoms with van der Waals surface area (Å²) in [7, 11) is 0. The largest absolute Gasteiger partial charge is 0.299 e. The molecule has 2 heteroatoms. The van der Waals surface area contributed by atoms with Crippen molar-refractivity contribution < 1.29 is 9.59 Å². The van der Waals surface area contributed by atoms with Gasteiger partial charge in [-0.15, -0.1) is 0 Å². The molecular weight excluding hydrogens is 152 g/mol. The highest BCUT2D eigenvalue weighted by Crippen LogP contribution is 2.33. The van der Waals surface area contributed by atoms with Crippen LogP contribution in [-0.4, -0.2) is 11.6 Å². The van der Waals surface area contributed by atoms with Gasteiger partial charge in [-0.05, 0) is 25.7 Å². The molecule has 12 heavy (non-hydrogen) atoms. The monoisotopic (exact) mass is 166 g/mol. The van der Waals surface area contributed by atoms with Crippen molar-refractivity contribution in [2.45, 2.75) is 38.5 Å². The molecule has 2 saturated carbocycles. The molecule has 2 atom stereocenters. The minimum absolute atomic E-state index is 0.224. The fraction of sp³-hybridized carbons (Fsp3) is 0.800. The molecule has 0 aromatic carbocycles. The van der Waals surface area contributed by atoms with Crippen molar-refractivity contribution in [1.82, 2.24) is 0 Å². The highest BCUT2D eigenvalue weighted by molar-refractivity contribution is 5.87. The number of carbonyl (C=O) groups is 2. The summed E-state index contributed by atoms with van der Waals surface area (Å²) in [6, 6.07) is 0. The zero-order valence-electron chi connectivity index (χ0n) is 7.21. The van der Waals surface area contributed by atoms with Crippen molar-refractivity contribution in [2.24, 2.45) is 11.8 Å². The lowest BCUT2D eigenvalue weighted by molar-refractivity contribution is -0.126. The number of carbonyl (C=O) groups excluding carboxylic acids is 2. The molecule has 2 aliphatic carbocycles. The third-order valence-electron chi connectivity index (χ3n) is 3.25. The van der Waals surface area contributed by atoms with E-state index in [1.165, 1.54) is 0 Å². The van der Waals surface area contributed by atoms with Crippen molar-refractivity contribution in [3.05, 3.63) is 0 Å². The fourth-order valence-electron chi connectivity index (χ4n) is 2.38. The van der Waals surface area contributed by atoms with E-state index in [0.717, 1.165) is 25.7 Å². The molecule has 0 aromatic rings. The highest BCUT2D eigenvalue weighted by Gasteiger charge is 2.32. The maximum atomic E-state index is 11.4. The Morgan fingerprint density at radius 2 is 1.17 bits per heavy atom. The molecule has 0 unspecified atom stereocenters. The average Bonchev–Trinajstić information content (AvgIpc) is 2.33. The summed E-state index contributed by atoms with van der Waals surface area (Å²) in [5, 5.41) is 0. The summed E-state index contributed by atoms with van der Waals surface area (Å²) in [6.45, 7) is 0. The second-order valence-electron chi connectivity index (χ2n) is 3.98. The number of ketones is 2. The van der Waals surface area contributed by atoms with Gasteiger partial charge in [0.15, 0.2) is 0 Å². The molecule has 2 fully saturated rings. The first kappa shape index (κ1) is 7.96. The van der Waals surface area contributed by atoms with Crippen molar-refractivity contribution in [1.29, 1.82) is 0 Å². The molecule has 2 nitrogen and oxygen atoms in total. The van der Waals surface area contributed by atoms with Crippen LogP contribution in [0.3, 0.4) is 0 Å². The summed E-state index contributed by atoms with van der Waals surface area (Å²) in [6.07, 6.45) is 4.90. The standard InChI is InChI=1S/C10H14O2/c11-9-6-4-8-2-1-7(9)3-5-10(8)12/h7-8H,1-6H2/t7-,8-/m1/s1. The molecule has 0 heterocycles. The van der Waals surface area contributed by atoms with Gasteiger partial charge in [-0.25, -0.2) is 0 Å². The van der Waals surface area contributed by atoms with Gasteiger partial charge in [0.25, 0.3) is 0 Å². The van der Waals surface area contributed by atoms with Gasteiger partial charge < -0.3 is 0 Å². The molecule has 0 aliphatic heterocycles. The Morgan fingerprint density at radius 3 is 1.58 bits per heavy atom. The van der Waals surface area contributed by atoms with Crippen LogP contribution >= 0.6 is 0 Å². The summed E-state index contributed by atoms with van der Waals surface area (Å²) in [5.74, 6) is 1.26. The van der Waals surface area contributed by atoms with E-state index in [2.05, 4.69) is 0 Å². The molecule has 0 aromatic heterocycles. The minimum Gasteiger partial charge on any atom is -0.299 e. The summed E-state index contributed by atoms with van der Waals surface area (Å²) >= 11 is 0. The molecule has 2 aliphatic rings. The highest BCUT2D eigenvalue weighted by atomic mass is 16.1. The van der Waals surface area contributed by atoms with Gasteiger partial charge in [0.05, 0.1) is 0 Å². The zero-order chi connectivity index (χ0) is 8.55. The van der Waals surface area contributed by atoms with E-state index >= 15 is 0 Å². The topological polar surface area (TPSA) is 34.1 Å². The number of fused-ring (bicyclic) bond motifs is 3. The van der Waals surface area contributed by atoms with E-state index in [1.54, 1.807) is 0 Å². The maximum Gasteiger partial charge on any atom is 0.136 e. The normalized spacial score (nSPS) is 36.3. The van der Waals surface area contributed by atoms with Crippen LogP contribution in [0.1, 0.15) is 38.5 Å². The third kappa shape index (κ3) is 1.30. The zero-order valence-corrected chi connectivity index (χ0v) is 7.21. The van der Waals surface area contributed by atoms with Crippen LogP contribution in [0.25, 0.3) is 0 Å². The summed E-state index contributed by atoms with van der Waals surface area (Å²) in [4.78, 5) is 22.8. The summed E-state index contributed by atoms with van der Waals surface area (Å²) in [5.41, 5.74) is 0. The molecule has 0 saturated heterocycles. The lowest BCUT2D eigenvalue weighted by Gasteiger charge is -2.12. The quantitative estimate of drug-likeness (QED) is 0.549. The van der Waals surface area contributed by atoms with Crippen LogP contribution in [0.4, 0.5) is 0 Å². The first-order valence-electron chi connectivity index (χ1n) is 4.83. The Balaban J connectivity index is 2.19. The predicted molar refractivity (Wildman–Crippen MR) is 44.7 cm³/mol. The van der Waals surface area contributed by atoms with Crippen LogP contribution < -0.4 is 0 Å². The molecule has 2 bridgehead atoms. The predicted octanol–water partition coefficient (Wildman–Crippen LogP) is 1.72. The van der Waals surface area contributed by atoms with Crippen molar-refractivity contribution in [3.8, 4) is 0 Å². The Kier molecular flexibility index (Phi) is 1.99. The van der Waals surface area contributed by atoms with E-state index < -0.39 is 0 Å². The molecule has 0 N–H and O–H groups in total. The van der Waals surface area contributed by atoms with Crippen LogP contribution in [0.5, 0.6) is 0 Å². The maximum absolute atomic E-state index is 11.4. The fourth-order valence-corrected chi connectivity index (χ4v) is 2.38. The summed E-state index contributed by atoms with van der Waals surface area (Å²) < 4.78 is 0. The van der Waals surface area contributed by atoms with E-state index in [0.29, 0.717) is 24.4 Å². The van der Waals surface area contributed by atoms with Gasteiger partial charge in [-0.1, -0.05) is 0 Å². The van der Waals surface area contributed by atoms with E-state index in [9.17, 15) is 9.59 Å². The van der Waals surface area contributed by atoms with E-state index in [4.69, 9.17) is 0 Å². The van der Waals surface area contributed by atoms with Crippen LogP contribution in [0, 0.1) is 11.8 Å². The van der Waals surface area contributed by atoms with Gasteiger partial charge in [0, 0.05) is 24.7 Å². The van der Waals surface area contributed by atoms with E-state index in [1.807, 2.05) is 0 Å². The van der Waals surface area contributed by atoms with Crippen LogP contribution in [0.2, 0.25) is 0 Å². The Bertz CT molecular complexity index is 196. The lowest BCUT2D eigenvalue weighted by atomic mass is 9.90. The average molecular weight is 166 g/mol. The number of hydrogen-bond donors (Lipinski definition) is 0. The first-order chi connectivity index (χ1) is 5.77. The van der Waals surface area contributed by atoms with Crippen molar-refractivity contribution in [2.75, 3.05) is 0 Å². The van der Waals surface area contributed by atoms with Crippen LogP contribution in [-0.2, 0) is 9.59 Å². The minimum atomic E-state index is 0.224. The molecule has 66 valence electrons. The molecule has 0 amide bonds. The van der Waals surface area contributed by atoms with Crippen molar-refractivity contribution in [3.63, 3.8) is 0 Å². The number of hydrogen-bond acceptors (Lipinski definition) is 2. The Labute approximate surface area is 72.3 Å². The first-order valence-corrected chi connectivity index (χ1v) is 4.83. The van der Waals surface area contributed by atoms with Gasteiger partial charge in [0.1, 0.15) is 11.6 Å². The van der Waals surface area contributed by atoms with Gasteiger partial charge in [-0.2, -0.15) is 0 Å². The van der Waals surface area contributed by atoms with Gasteiger partial charge >= 0.3 is 0 Å². The smallest absolute Gasteiger partial charge is 0.136 e. The second kappa shape index (κ2) is 3.00. The molecule has 2 rings (SSSR count). The molecule has 0 radical (unpaired) electrons. The lowest BCUT2D eigenvalue weighted by Crippen LogP contribution is -2.17. The third-order valence-corrected chi connectivity index (χ3v) is 3.25. The van der Waals surface area contributed by atoms with Gasteiger partial charge in [0.2, 0.25) is 0 Å². The van der Waals surface area contributed by atoms with Crippen molar-refractivity contribution >= 4 is 11.6 Å².